The van der Waals surface area contributed by atoms with Crippen LogP contribution in [0.15, 0.2) is 40.1 Å². The van der Waals surface area contributed by atoms with Crippen molar-refractivity contribution in [1.82, 2.24) is 0 Å². The Labute approximate surface area is 221 Å². The van der Waals surface area contributed by atoms with Crippen LogP contribution < -0.4 is 0 Å². The van der Waals surface area contributed by atoms with Gasteiger partial charge in [0, 0.05) is 17.2 Å². The topological polar surface area (TPSA) is 69.7 Å². The second kappa shape index (κ2) is 15.2. The van der Waals surface area contributed by atoms with Gasteiger partial charge in [-0.05, 0) is 49.6 Å². The van der Waals surface area contributed by atoms with E-state index in [9.17, 15) is 14.4 Å². The number of thioether (sulfide) groups is 1. The summed E-state index contributed by atoms with van der Waals surface area (Å²) in [6, 6.07) is 8.24. The maximum Gasteiger partial charge on any atom is 0.320 e. The molecule has 2 rings (SSSR count). The van der Waals surface area contributed by atoms with Gasteiger partial charge in [-0.3, -0.25) is 14.4 Å². The fourth-order valence-electron chi connectivity index (χ4n) is 5.43. The zero-order valence-electron chi connectivity index (χ0n) is 22.8. The number of hydrogen-bond donors (Lipinski definition) is 0. The van der Waals surface area contributed by atoms with Gasteiger partial charge in [0.2, 0.25) is 0 Å². The second-order valence-electron chi connectivity index (χ2n) is 9.82. The Morgan fingerprint density at radius 3 is 2.44 bits per heavy atom. The molecular formula is C30H44O5S. The lowest BCUT2D eigenvalue weighted by Gasteiger charge is -2.38. The standard InChI is InChI=1S/C30H44O5S/c1-6-8-10-11-13-18-26(36-23-16-14-15-22(3)21-23)24-19-20-27(31)30(24,29(33)35-5)25(28(32)34-4)17-12-9-7-2/h14-16,18,21,24-25H,6-13,17,19-20H2,1-5H3/b26-18+. The lowest BCUT2D eigenvalue weighted by Crippen LogP contribution is -2.51. The molecule has 1 aromatic carbocycles. The van der Waals surface area contributed by atoms with Crippen LogP contribution in [0.25, 0.3) is 0 Å². The van der Waals surface area contributed by atoms with Gasteiger partial charge < -0.3 is 9.47 Å². The Morgan fingerprint density at radius 1 is 1.08 bits per heavy atom. The molecule has 0 N–H and O–H groups in total. The normalized spacial score (nSPS) is 20.9. The van der Waals surface area contributed by atoms with Crippen molar-refractivity contribution in [2.24, 2.45) is 17.3 Å². The van der Waals surface area contributed by atoms with Gasteiger partial charge in [-0.25, -0.2) is 0 Å². The maximum atomic E-state index is 13.7. The molecule has 0 aromatic heterocycles. The highest BCUT2D eigenvalue weighted by atomic mass is 32.2. The summed E-state index contributed by atoms with van der Waals surface area (Å²) in [5.41, 5.74) is -0.405. The van der Waals surface area contributed by atoms with Gasteiger partial charge in [-0.1, -0.05) is 87.9 Å². The van der Waals surface area contributed by atoms with Crippen molar-refractivity contribution < 1.29 is 23.9 Å². The summed E-state index contributed by atoms with van der Waals surface area (Å²) in [6.07, 6.45) is 11.4. The summed E-state index contributed by atoms with van der Waals surface area (Å²) in [7, 11) is 2.65. The number of ketones is 1. The zero-order valence-corrected chi connectivity index (χ0v) is 23.6. The first-order chi connectivity index (χ1) is 17.4. The predicted octanol–water partition coefficient (Wildman–Crippen LogP) is 7.45. The first-order valence-electron chi connectivity index (χ1n) is 13.5. The van der Waals surface area contributed by atoms with Crippen molar-refractivity contribution in [2.75, 3.05) is 14.2 Å². The average Bonchev–Trinajstić information content (AvgIpc) is 3.22. The highest BCUT2D eigenvalue weighted by Crippen LogP contribution is 2.55. The number of benzene rings is 1. The number of unbranched alkanes of at least 4 members (excludes halogenated alkanes) is 6. The highest BCUT2D eigenvalue weighted by molar-refractivity contribution is 8.03. The minimum Gasteiger partial charge on any atom is -0.469 e. The highest BCUT2D eigenvalue weighted by Gasteiger charge is 2.64. The quantitative estimate of drug-likeness (QED) is 0.104. The molecule has 0 heterocycles. The predicted molar refractivity (Wildman–Crippen MR) is 146 cm³/mol. The molecule has 3 atom stereocenters. The fraction of sp³-hybridized carbons (Fsp3) is 0.633. The van der Waals surface area contributed by atoms with Crippen molar-refractivity contribution in [1.29, 1.82) is 0 Å². The van der Waals surface area contributed by atoms with E-state index in [0.717, 1.165) is 60.3 Å². The van der Waals surface area contributed by atoms with Gasteiger partial charge in [-0.2, -0.15) is 0 Å². The number of ether oxygens (including phenoxy) is 2. The van der Waals surface area contributed by atoms with Gasteiger partial charge in [0.25, 0.3) is 0 Å². The van der Waals surface area contributed by atoms with Crippen LogP contribution in [-0.4, -0.2) is 31.9 Å². The van der Waals surface area contributed by atoms with E-state index in [4.69, 9.17) is 9.47 Å². The molecular weight excluding hydrogens is 472 g/mol. The van der Waals surface area contributed by atoms with Gasteiger partial charge in [-0.15, -0.1) is 0 Å². The molecule has 1 fully saturated rings. The lowest BCUT2D eigenvalue weighted by atomic mass is 9.65. The van der Waals surface area contributed by atoms with Crippen LogP contribution in [0.2, 0.25) is 0 Å². The maximum absolute atomic E-state index is 13.7. The lowest BCUT2D eigenvalue weighted by molar-refractivity contribution is -0.172. The minimum absolute atomic E-state index is 0.201. The SMILES string of the molecule is CCCCCC/C=C(/Sc1cccc(C)c1)C1CCC(=O)C1(C(=O)OC)C(CCCCC)C(=O)OC. The van der Waals surface area contributed by atoms with E-state index in [-0.39, 0.29) is 12.2 Å². The number of rotatable bonds is 15. The molecule has 5 nitrogen and oxygen atoms in total. The van der Waals surface area contributed by atoms with Gasteiger partial charge in [0.15, 0.2) is 5.78 Å². The van der Waals surface area contributed by atoms with Gasteiger partial charge in [0.1, 0.15) is 5.41 Å². The van der Waals surface area contributed by atoms with Crippen LogP contribution in [0.3, 0.4) is 0 Å². The smallest absolute Gasteiger partial charge is 0.320 e. The van der Waals surface area contributed by atoms with E-state index in [1.54, 1.807) is 11.8 Å². The number of hydrogen-bond acceptors (Lipinski definition) is 6. The van der Waals surface area contributed by atoms with Crippen LogP contribution in [0.1, 0.15) is 90.0 Å². The number of methoxy groups -OCH3 is 2. The second-order valence-corrected chi connectivity index (χ2v) is 11.0. The molecule has 0 saturated heterocycles. The van der Waals surface area contributed by atoms with Crippen LogP contribution in [0.5, 0.6) is 0 Å². The van der Waals surface area contributed by atoms with Crippen molar-refractivity contribution in [3.8, 4) is 0 Å². The molecule has 3 unspecified atom stereocenters. The Morgan fingerprint density at radius 2 is 1.81 bits per heavy atom. The summed E-state index contributed by atoms with van der Waals surface area (Å²) in [5.74, 6) is -2.58. The molecule has 0 aliphatic heterocycles. The van der Waals surface area contributed by atoms with E-state index in [2.05, 4.69) is 45.0 Å². The monoisotopic (exact) mass is 516 g/mol. The number of esters is 2. The van der Waals surface area contributed by atoms with E-state index >= 15 is 0 Å². The Balaban J connectivity index is 2.58. The largest absolute Gasteiger partial charge is 0.469 e. The molecule has 0 bridgehead atoms. The summed E-state index contributed by atoms with van der Waals surface area (Å²) in [6.45, 7) is 6.33. The number of allylic oxidation sites excluding steroid dienone is 2. The number of aryl methyl sites for hydroxylation is 1. The third kappa shape index (κ3) is 7.24. The summed E-state index contributed by atoms with van der Waals surface area (Å²) in [4.78, 5) is 42.5. The zero-order chi connectivity index (χ0) is 26.6. The molecule has 1 saturated carbocycles. The van der Waals surface area contributed by atoms with Crippen molar-refractivity contribution >= 4 is 29.5 Å². The number of carbonyl (C=O) groups excluding carboxylic acids is 3. The Kier molecular flexibility index (Phi) is 12.8. The first kappa shape index (κ1) is 30.1. The molecule has 0 radical (unpaired) electrons. The average molecular weight is 517 g/mol. The summed E-state index contributed by atoms with van der Waals surface area (Å²) < 4.78 is 10.5. The third-order valence-corrected chi connectivity index (χ3v) is 8.47. The van der Waals surface area contributed by atoms with Crippen LogP contribution in [-0.2, 0) is 23.9 Å². The molecule has 1 aliphatic carbocycles. The molecule has 200 valence electrons. The Bertz CT molecular complexity index is 908. The van der Waals surface area contributed by atoms with E-state index < -0.39 is 29.2 Å². The van der Waals surface area contributed by atoms with Crippen molar-refractivity contribution in [2.45, 2.75) is 96.3 Å². The van der Waals surface area contributed by atoms with Crippen molar-refractivity contribution in [3.05, 3.63) is 40.8 Å². The molecule has 6 heteroatoms. The van der Waals surface area contributed by atoms with E-state index in [0.29, 0.717) is 12.8 Å². The molecule has 36 heavy (non-hydrogen) atoms. The molecule has 1 aromatic rings. The molecule has 0 spiro atoms. The fourth-order valence-corrected chi connectivity index (χ4v) is 6.74. The first-order valence-corrected chi connectivity index (χ1v) is 14.3. The number of Topliss-reactive ketones (excluding diaryl/α,β-unsaturated/α-hetero) is 1. The third-order valence-electron chi connectivity index (χ3n) is 7.30. The summed E-state index contributed by atoms with van der Waals surface area (Å²) >= 11 is 1.61. The molecule has 0 amide bonds. The van der Waals surface area contributed by atoms with Crippen LogP contribution in [0.4, 0.5) is 0 Å². The van der Waals surface area contributed by atoms with Gasteiger partial charge >= 0.3 is 11.9 Å². The minimum atomic E-state index is -1.55. The molecule has 1 aliphatic rings. The van der Waals surface area contributed by atoms with E-state index in [1.165, 1.54) is 20.6 Å². The van der Waals surface area contributed by atoms with Crippen LogP contribution in [0, 0.1) is 24.2 Å². The van der Waals surface area contributed by atoms with E-state index in [1.807, 2.05) is 6.07 Å². The van der Waals surface area contributed by atoms with Crippen molar-refractivity contribution in [3.63, 3.8) is 0 Å². The van der Waals surface area contributed by atoms with Crippen LogP contribution >= 0.6 is 11.8 Å². The number of carbonyl (C=O) groups is 3. The Hall–Kier alpha value is -2.08. The van der Waals surface area contributed by atoms with Gasteiger partial charge in [0.05, 0.1) is 20.1 Å². The summed E-state index contributed by atoms with van der Waals surface area (Å²) in [5, 5.41) is 0.